The Labute approximate surface area is 145 Å². The summed E-state index contributed by atoms with van der Waals surface area (Å²) in [5.41, 5.74) is 2.75. The maximum Gasteiger partial charge on any atom is 0.344 e. The second kappa shape index (κ2) is 6.30. The number of nitrogens with one attached hydrogen (secondary N) is 1. The number of hydrogen-bond acceptors (Lipinski definition) is 3. The third-order valence-electron chi connectivity index (χ3n) is 4.55. The van der Waals surface area contributed by atoms with Gasteiger partial charge in [0.15, 0.2) is 5.76 Å². The van der Waals surface area contributed by atoms with Crippen molar-refractivity contribution < 1.29 is 14.4 Å². The van der Waals surface area contributed by atoms with E-state index in [9.17, 15) is 4.79 Å². The minimum Gasteiger partial charge on any atom is -0.417 e. The molecular formula is C19H18ClN2O2+. The largest absolute Gasteiger partial charge is 0.417 e. The van der Waals surface area contributed by atoms with E-state index in [0.717, 1.165) is 36.8 Å². The molecule has 1 N–H and O–H groups in total. The summed E-state index contributed by atoms with van der Waals surface area (Å²) in [6.07, 6.45) is 2.04. The van der Waals surface area contributed by atoms with E-state index in [1.807, 2.05) is 42.6 Å². The number of carbonyl (C=O) groups excluding carboxylic acids is 1. The number of benzene rings is 2. The second-order valence-electron chi connectivity index (χ2n) is 6.07. The summed E-state index contributed by atoms with van der Waals surface area (Å²) < 4.78 is 5.43. The first-order chi connectivity index (χ1) is 11.7. The van der Waals surface area contributed by atoms with E-state index in [2.05, 4.69) is 17.0 Å². The summed E-state index contributed by atoms with van der Waals surface area (Å²) in [4.78, 5) is 15.6. The van der Waals surface area contributed by atoms with Gasteiger partial charge in [0, 0.05) is 16.3 Å². The first-order valence-corrected chi connectivity index (χ1v) is 8.47. The van der Waals surface area contributed by atoms with Gasteiger partial charge in [-0.2, -0.15) is 0 Å². The van der Waals surface area contributed by atoms with Gasteiger partial charge in [0.25, 0.3) is 0 Å². The highest BCUT2D eigenvalue weighted by atomic mass is 35.5. The molecule has 0 unspecified atom stereocenters. The van der Waals surface area contributed by atoms with Crippen LogP contribution in [0.3, 0.4) is 0 Å². The molecule has 2 aromatic rings. The van der Waals surface area contributed by atoms with E-state index >= 15 is 0 Å². The number of carbonyl (C=O) groups is 1. The highest BCUT2D eigenvalue weighted by Gasteiger charge is 2.29. The fraction of sp³-hybridized carbons (Fsp3) is 0.211. The molecule has 0 spiro atoms. The van der Waals surface area contributed by atoms with E-state index in [0.29, 0.717) is 11.3 Å². The standard InChI is InChI=1S/C19H17ClN2O2/c20-14-5-7-15(8-6-14)22-11-9-21(10-12-22)13-18-16-3-1-2-4-17(16)19(23)24-18/h1-8,13H,9-12H2/p+1/b18-13-. The van der Waals surface area contributed by atoms with Crippen LogP contribution in [0.15, 0.2) is 54.7 Å². The molecule has 4 nitrogen and oxygen atoms in total. The summed E-state index contributed by atoms with van der Waals surface area (Å²) in [6, 6.07) is 15.5. The van der Waals surface area contributed by atoms with Gasteiger partial charge in [0.2, 0.25) is 0 Å². The molecule has 2 aromatic carbocycles. The first kappa shape index (κ1) is 15.2. The van der Waals surface area contributed by atoms with Crippen LogP contribution in [0.5, 0.6) is 0 Å². The van der Waals surface area contributed by atoms with Crippen LogP contribution in [0.2, 0.25) is 5.02 Å². The normalized spacial score (nSPS) is 19.5. The average Bonchev–Trinajstić information content (AvgIpc) is 2.93. The number of hydrogen-bond donors (Lipinski definition) is 1. The van der Waals surface area contributed by atoms with Crippen molar-refractivity contribution in [2.24, 2.45) is 0 Å². The lowest BCUT2D eigenvalue weighted by Crippen LogP contribution is -3.10. The molecule has 0 saturated carbocycles. The van der Waals surface area contributed by atoms with Crippen molar-refractivity contribution >= 4 is 29.0 Å². The third kappa shape index (κ3) is 2.90. The topological polar surface area (TPSA) is 34.0 Å². The number of halogens is 1. The molecular weight excluding hydrogens is 324 g/mol. The van der Waals surface area contributed by atoms with Gasteiger partial charge in [-0.1, -0.05) is 29.8 Å². The number of fused-ring (bicyclic) bond motifs is 1. The van der Waals surface area contributed by atoms with Gasteiger partial charge in [-0.15, -0.1) is 0 Å². The highest BCUT2D eigenvalue weighted by molar-refractivity contribution is 6.30. The molecule has 2 aliphatic rings. The lowest BCUT2D eigenvalue weighted by Gasteiger charge is -2.32. The van der Waals surface area contributed by atoms with Crippen LogP contribution >= 0.6 is 11.6 Å². The van der Waals surface area contributed by atoms with Crippen molar-refractivity contribution in [1.82, 2.24) is 0 Å². The molecule has 0 aromatic heterocycles. The molecule has 5 heteroatoms. The van der Waals surface area contributed by atoms with Gasteiger partial charge in [-0.3, -0.25) is 0 Å². The zero-order chi connectivity index (χ0) is 16.5. The molecule has 0 bridgehead atoms. The van der Waals surface area contributed by atoms with E-state index < -0.39 is 0 Å². The summed E-state index contributed by atoms with van der Waals surface area (Å²) in [6.45, 7) is 3.84. The summed E-state index contributed by atoms with van der Waals surface area (Å²) in [5.74, 6) is 0.432. The van der Waals surface area contributed by atoms with Gasteiger partial charge < -0.3 is 14.5 Å². The van der Waals surface area contributed by atoms with Crippen LogP contribution in [0.25, 0.3) is 5.76 Å². The maximum absolute atomic E-state index is 11.9. The fourth-order valence-electron chi connectivity index (χ4n) is 3.23. The molecule has 0 aliphatic carbocycles. The van der Waals surface area contributed by atoms with Crippen molar-refractivity contribution in [1.29, 1.82) is 0 Å². The number of piperazine rings is 1. The van der Waals surface area contributed by atoms with Crippen molar-refractivity contribution in [3.8, 4) is 0 Å². The number of esters is 1. The first-order valence-electron chi connectivity index (χ1n) is 8.09. The molecule has 0 amide bonds. The van der Waals surface area contributed by atoms with Crippen LogP contribution in [0, 0.1) is 0 Å². The average molecular weight is 342 g/mol. The van der Waals surface area contributed by atoms with E-state index in [-0.39, 0.29) is 5.97 Å². The molecule has 1 fully saturated rings. The molecule has 0 atom stereocenters. The number of ether oxygens (including phenoxy) is 1. The Balaban J connectivity index is 1.45. The molecule has 2 heterocycles. The maximum atomic E-state index is 11.9. The Morgan fingerprint density at radius 3 is 2.38 bits per heavy atom. The van der Waals surface area contributed by atoms with Gasteiger partial charge in [-0.05, 0) is 30.3 Å². The molecule has 24 heavy (non-hydrogen) atoms. The number of nitrogens with zero attached hydrogens (tertiary/aromatic N) is 1. The Hall–Kier alpha value is -2.30. The summed E-state index contributed by atoms with van der Waals surface area (Å²) in [7, 11) is 0. The predicted molar refractivity (Wildman–Crippen MR) is 94.2 cm³/mol. The van der Waals surface area contributed by atoms with E-state index in [1.54, 1.807) is 0 Å². The third-order valence-corrected chi connectivity index (χ3v) is 4.80. The van der Waals surface area contributed by atoms with Crippen molar-refractivity contribution in [3.63, 3.8) is 0 Å². The lowest BCUT2D eigenvalue weighted by atomic mass is 10.1. The van der Waals surface area contributed by atoms with E-state index in [4.69, 9.17) is 16.3 Å². The fourth-order valence-corrected chi connectivity index (χ4v) is 3.35. The number of cyclic esters (lactones) is 1. The molecule has 4 rings (SSSR count). The monoisotopic (exact) mass is 341 g/mol. The Morgan fingerprint density at radius 1 is 1.00 bits per heavy atom. The van der Waals surface area contributed by atoms with Gasteiger partial charge in [0.05, 0.1) is 31.7 Å². The molecule has 2 aliphatic heterocycles. The minimum atomic E-state index is -0.254. The summed E-state index contributed by atoms with van der Waals surface area (Å²) >= 11 is 5.95. The van der Waals surface area contributed by atoms with Crippen LogP contribution in [0.1, 0.15) is 15.9 Å². The Kier molecular flexibility index (Phi) is 4.00. The van der Waals surface area contributed by atoms with Crippen molar-refractivity contribution in [3.05, 3.63) is 70.9 Å². The van der Waals surface area contributed by atoms with Gasteiger partial charge in [-0.25, -0.2) is 4.79 Å². The summed E-state index contributed by atoms with van der Waals surface area (Å²) in [5, 5.41) is 0.759. The van der Waals surface area contributed by atoms with Crippen LogP contribution in [-0.2, 0) is 4.74 Å². The van der Waals surface area contributed by atoms with Crippen LogP contribution in [-0.4, -0.2) is 32.1 Å². The van der Waals surface area contributed by atoms with Crippen molar-refractivity contribution in [2.45, 2.75) is 0 Å². The molecule has 0 radical (unpaired) electrons. The second-order valence-corrected chi connectivity index (χ2v) is 6.50. The van der Waals surface area contributed by atoms with Gasteiger partial charge in [0.1, 0.15) is 6.20 Å². The van der Waals surface area contributed by atoms with Gasteiger partial charge >= 0.3 is 5.97 Å². The quantitative estimate of drug-likeness (QED) is 0.850. The Morgan fingerprint density at radius 2 is 1.67 bits per heavy atom. The SMILES string of the molecule is O=C1O/C(=C\[NH+]2CCN(c3ccc(Cl)cc3)CC2)c2ccccc21. The zero-order valence-electron chi connectivity index (χ0n) is 13.2. The number of quaternary nitrogens is 1. The van der Waals surface area contributed by atoms with Crippen molar-refractivity contribution in [2.75, 3.05) is 31.1 Å². The van der Waals surface area contributed by atoms with Crippen LogP contribution in [0.4, 0.5) is 5.69 Å². The zero-order valence-corrected chi connectivity index (χ0v) is 13.9. The molecule has 122 valence electrons. The number of anilines is 1. The van der Waals surface area contributed by atoms with Crippen LogP contribution < -0.4 is 9.80 Å². The predicted octanol–water partition coefficient (Wildman–Crippen LogP) is 2.21. The highest BCUT2D eigenvalue weighted by Crippen LogP contribution is 2.28. The Bertz CT molecular complexity index is 793. The lowest BCUT2D eigenvalue weighted by molar-refractivity contribution is -0.847. The molecule has 1 saturated heterocycles. The number of rotatable bonds is 2. The van der Waals surface area contributed by atoms with E-state index in [1.165, 1.54) is 10.6 Å². The smallest absolute Gasteiger partial charge is 0.344 e. The minimum absolute atomic E-state index is 0.254.